The van der Waals surface area contributed by atoms with Gasteiger partial charge in [0.1, 0.15) is 27.5 Å². The molecule has 1 aliphatic heterocycles. The highest BCUT2D eigenvalue weighted by atomic mass is 32.2. The summed E-state index contributed by atoms with van der Waals surface area (Å²) < 4.78 is 36.4. The number of piperidine rings is 1. The molecule has 46 heavy (non-hydrogen) atoms. The second kappa shape index (κ2) is 15.3. The number of esters is 1. The number of carbonyl (C=O) groups excluding carboxylic acids is 2. The molecule has 13 heteroatoms. The van der Waals surface area contributed by atoms with E-state index in [-0.39, 0.29) is 35.7 Å². The van der Waals surface area contributed by atoms with Crippen LogP contribution in [-0.4, -0.2) is 109 Å². The largest absolute Gasteiger partial charge is 0.493 e. The van der Waals surface area contributed by atoms with E-state index in [1.165, 1.54) is 6.26 Å². The normalized spacial score (nSPS) is 19.3. The number of likely N-dealkylation sites (tertiary alicyclic amines) is 1. The number of hydrogen-bond donors (Lipinski definition) is 1. The van der Waals surface area contributed by atoms with E-state index < -0.39 is 9.84 Å². The van der Waals surface area contributed by atoms with Gasteiger partial charge in [-0.15, -0.1) is 0 Å². The summed E-state index contributed by atoms with van der Waals surface area (Å²) in [6.45, 7) is 2.26. The molecule has 0 unspecified atom stereocenters. The van der Waals surface area contributed by atoms with Crippen LogP contribution in [0.5, 0.6) is 5.75 Å². The van der Waals surface area contributed by atoms with Gasteiger partial charge in [0.15, 0.2) is 0 Å². The smallest absolute Gasteiger partial charge is 0.307 e. The Morgan fingerprint density at radius 1 is 1.04 bits per heavy atom. The number of carbonyl (C=O) groups is 2. The summed E-state index contributed by atoms with van der Waals surface area (Å²) in [6.07, 6.45) is 10.3. The van der Waals surface area contributed by atoms with Gasteiger partial charge in [-0.3, -0.25) is 9.59 Å². The van der Waals surface area contributed by atoms with E-state index in [1.807, 2.05) is 65.0 Å². The zero-order valence-corrected chi connectivity index (χ0v) is 27.9. The lowest BCUT2D eigenvalue weighted by atomic mass is 9.85. The zero-order chi connectivity index (χ0) is 32.7. The van der Waals surface area contributed by atoms with Crippen molar-refractivity contribution in [2.75, 3.05) is 57.7 Å². The van der Waals surface area contributed by atoms with Crippen LogP contribution < -0.4 is 10.1 Å². The molecule has 1 amide bonds. The van der Waals surface area contributed by atoms with Crippen LogP contribution in [0.4, 0.5) is 5.95 Å². The summed E-state index contributed by atoms with van der Waals surface area (Å²) in [6, 6.07) is 9.79. The average molecular weight is 655 g/mol. The number of benzene rings is 1. The van der Waals surface area contributed by atoms with Crippen LogP contribution in [0.2, 0.25) is 0 Å². The molecule has 1 aromatic carbocycles. The molecule has 1 saturated carbocycles. The van der Waals surface area contributed by atoms with Crippen LogP contribution in [0.3, 0.4) is 0 Å². The topological polar surface area (TPSA) is 136 Å². The lowest BCUT2D eigenvalue weighted by molar-refractivity contribution is -0.153. The number of nitrogens with one attached hydrogen (secondary N) is 1. The summed E-state index contributed by atoms with van der Waals surface area (Å²) >= 11 is 0. The van der Waals surface area contributed by atoms with Gasteiger partial charge in [0, 0.05) is 68.5 Å². The van der Waals surface area contributed by atoms with Crippen LogP contribution in [0, 0.1) is 5.92 Å². The molecule has 250 valence electrons. The van der Waals surface area contributed by atoms with Crippen molar-refractivity contribution in [3.05, 3.63) is 42.7 Å². The van der Waals surface area contributed by atoms with Gasteiger partial charge in [-0.05, 0) is 70.5 Å². The van der Waals surface area contributed by atoms with Crippen molar-refractivity contribution in [3.8, 4) is 11.6 Å². The highest BCUT2D eigenvalue weighted by Crippen LogP contribution is 2.31. The Labute approximate surface area is 271 Å². The van der Waals surface area contributed by atoms with E-state index >= 15 is 0 Å². The number of ether oxygens (including phenoxy) is 2. The Morgan fingerprint density at radius 2 is 1.80 bits per heavy atom. The van der Waals surface area contributed by atoms with E-state index in [2.05, 4.69) is 10.3 Å². The summed E-state index contributed by atoms with van der Waals surface area (Å²) in [5.41, 5.74) is 0.927. The second-order valence-electron chi connectivity index (χ2n) is 12.7. The minimum atomic E-state index is -3.02. The number of anilines is 1. The van der Waals surface area contributed by atoms with Gasteiger partial charge >= 0.3 is 5.97 Å². The van der Waals surface area contributed by atoms with Crippen LogP contribution >= 0.6 is 0 Å². The minimum absolute atomic E-state index is 0.0125. The van der Waals surface area contributed by atoms with Crippen molar-refractivity contribution in [3.63, 3.8) is 0 Å². The molecule has 12 nitrogen and oxygen atoms in total. The molecule has 5 rings (SSSR count). The predicted octanol–water partition coefficient (Wildman–Crippen LogP) is 3.69. The predicted molar refractivity (Wildman–Crippen MR) is 177 cm³/mol. The Kier molecular flexibility index (Phi) is 11.2. The second-order valence-corrected chi connectivity index (χ2v) is 15.0. The lowest BCUT2D eigenvalue weighted by Crippen LogP contribution is -2.45. The van der Waals surface area contributed by atoms with Gasteiger partial charge in [0.25, 0.3) is 0 Å². The van der Waals surface area contributed by atoms with Crippen molar-refractivity contribution in [1.82, 2.24) is 24.3 Å². The van der Waals surface area contributed by atoms with Crippen molar-refractivity contribution >= 4 is 38.6 Å². The first-order valence-corrected chi connectivity index (χ1v) is 18.3. The van der Waals surface area contributed by atoms with E-state index in [0.717, 1.165) is 42.4 Å². The SMILES string of the molecule is CN(C)CCC(=O)OC1CCN(C(=O)C2CCC(Nc3nccc(-n4ccc5c(OCCCS(C)(=O)=O)cccc54)n3)CC2)CC1. The fraction of sp³-hybridized carbons (Fsp3) is 0.576. The molecule has 2 aliphatic rings. The maximum atomic E-state index is 13.3. The first-order chi connectivity index (χ1) is 22.1. The number of nitrogens with zero attached hydrogens (tertiary/aromatic N) is 5. The Morgan fingerprint density at radius 3 is 2.52 bits per heavy atom. The third-order valence-corrected chi connectivity index (χ3v) is 9.75. The Balaban J connectivity index is 1.10. The molecule has 3 aromatic rings. The minimum Gasteiger partial charge on any atom is -0.493 e. The van der Waals surface area contributed by atoms with Crippen LogP contribution in [0.15, 0.2) is 42.7 Å². The van der Waals surface area contributed by atoms with Crippen LogP contribution in [-0.2, 0) is 24.2 Å². The van der Waals surface area contributed by atoms with Gasteiger partial charge in [0.05, 0.1) is 24.3 Å². The quantitative estimate of drug-likeness (QED) is 0.215. The summed E-state index contributed by atoms with van der Waals surface area (Å²) in [4.78, 5) is 38.5. The summed E-state index contributed by atoms with van der Waals surface area (Å²) in [7, 11) is 0.844. The Bertz CT molecular complexity index is 1590. The van der Waals surface area contributed by atoms with Crippen molar-refractivity contribution in [2.45, 2.75) is 63.5 Å². The number of amides is 1. The average Bonchev–Trinajstić information content (AvgIpc) is 3.47. The number of fused-ring (bicyclic) bond motifs is 1. The van der Waals surface area contributed by atoms with Crippen LogP contribution in [0.1, 0.15) is 51.4 Å². The lowest BCUT2D eigenvalue weighted by Gasteiger charge is -2.36. The van der Waals surface area contributed by atoms with E-state index in [1.54, 1.807) is 6.20 Å². The highest BCUT2D eigenvalue weighted by molar-refractivity contribution is 7.90. The number of sulfone groups is 1. The number of aromatic nitrogens is 3. The van der Waals surface area contributed by atoms with Gasteiger partial charge in [0.2, 0.25) is 11.9 Å². The van der Waals surface area contributed by atoms with Crippen molar-refractivity contribution in [2.24, 2.45) is 5.92 Å². The molecule has 2 aromatic heterocycles. The zero-order valence-electron chi connectivity index (χ0n) is 27.1. The van der Waals surface area contributed by atoms with Crippen LogP contribution in [0.25, 0.3) is 16.7 Å². The van der Waals surface area contributed by atoms with Gasteiger partial charge in [-0.2, -0.15) is 4.98 Å². The Hall–Kier alpha value is -3.71. The maximum absolute atomic E-state index is 13.3. The number of rotatable bonds is 13. The third kappa shape index (κ3) is 9.18. The molecule has 1 aliphatic carbocycles. The van der Waals surface area contributed by atoms with Crippen molar-refractivity contribution < 1.29 is 27.5 Å². The van der Waals surface area contributed by atoms with Gasteiger partial charge < -0.3 is 29.2 Å². The molecule has 2 fully saturated rings. The molecule has 3 heterocycles. The van der Waals surface area contributed by atoms with E-state index in [4.69, 9.17) is 14.5 Å². The molecule has 0 atom stereocenters. The van der Waals surface area contributed by atoms with Gasteiger partial charge in [-0.1, -0.05) is 6.07 Å². The molecule has 0 spiro atoms. The standard InChI is InChI=1S/C33H46N6O6S/c1-37(2)18-16-31(40)45-26-13-19-38(20-14-26)32(41)24-8-10-25(11-9-24)35-33-34-17-12-30(36-33)39-21-15-27-28(39)6-4-7-29(27)44-22-5-23-46(3,42)43/h4,6-7,12,15,17,21,24-26H,5,8-11,13-14,16,18-20,22-23H2,1-3H3,(H,34,35,36). The van der Waals surface area contributed by atoms with E-state index in [0.29, 0.717) is 63.6 Å². The van der Waals surface area contributed by atoms with E-state index in [9.17, 15) is 18.0 Å². The summed E-state index contributed by atoms with van der Waals surface area (Å²) in [5.74, 6) is 2.12. The van der Waals surface area contributed by atoms with Gasteiger partial charge in [-0.25, -0.2) is 13.4 Å². The molecule has 0 bridgehead atoms. The molecule has 0 radical (unpaired) electrons. The third-order valence-electron chi connectivity index (χ3n) is 8.72. The molecule has 1 N–H and O–H groups in total. The molecular weight excluding hydrogens is 608 g/mol. The fourth-order valence-corrected chi connectivity index (χ4v) is 6.84. The monoisotopic (exact) mass is 654 g/mol. The first-order valence-electron chi connectivity index (χ1n) is 16.2. The molecule has 1 saturated heterocycles. The molecular formula is C33H46N6O6S. The highest BCUT2D eigenvalue weighted by Gasteiger charge is 2.32. The first kappa shape index (κ1) is 33.6. The van der Waals surface area contributed by atoms with Crippen molar-refractivity contribution in [1.29, 1.82) is 0 Å². The number of hydrogen-bond acceptors (Lipinski definition) is 10. The maximum Gasteiger partial charge on any atom is 0.307 e. The fourth-order valence-electron chi connectivity index (χ4n) is 6.20. The summed E-state index contributed by atoms with van der Waals surface area (Å²) in [5, 5.41) is 4.40.